The molecule has 2 aromatic rings. The van der Waals surface area contributed by atoms with E-state index in [1.807, 2.05) is 20.0 Å². The number of benzene rings is 1. The monoisotopic (exact) mass is 518 g/mol. The average Bonchev–Trinajstić information content (AvgIpc) is 3.36. The number of aryl methyl sites for hydroxylation is 1. The number of fused-ring (bicyclic) bond motifs is 2. The number of methoxy groups -OCH3 is 2. The molecule has 1 aliphatic heterocycles. The molecule has 1 aromatic heterocycles. The summed E-state index contributed by atoms with van der Waals surface area (Å²) in [7, 11) is 4.76. The molecule has 0 fully saturated rings. The van der Waals surface area contributed by atoms with E-state index in [0.29, 0.717) is 48.8 Å². The van der Waals surface area contributed by atoms with Gasteiger partial charge < -0.3 is 34.4 Å². The minimum absolute atomic E-state index is 0.0376. The highest BCUT2D eigenvalue weighted by Gasteiger charge is 2.29. The van der Waals surface area contributed by atoms with Crippen molar-refractivity contribution in [3.05, 3.63) is 30.1 Å². The van der Waals surface area contributed by atoms with Crippen LogP contribution in [0.1, 0.15) is 32.4 Å². The Kier molecular flexibility index (Phi) is 10.1. The first-order chi connectivity index (χ1) is 17.7. The Morgan fingerprint density at radius 3 is 2.84 bits per heavy atom. The quantitative estimate of drug-likeness (QED) is 0.569. The number of nitrogens with zero attached hydrogens (tertiary/aromatic N) is 5. The molecular formula is C25H38N6O6. The Morgan fingerprint density at radius 1 is 1.35 bits per heavy atom. The number of hydrogen-bond acceptors (Lipinski definition) is 8. The van der Waals surface area contributed by atoms with Crippen molar-refractivity contribution < 1.29 is 28.9 Å². The maximum absolute atomic E-state index is 13.1. The van der Waals surface area contributed by atoms with Crippen LogP contribution in [-0.2, 0) is 22.7 Å². The van der Waals surface area contributed by atoms with Crippen molar-refractivity contribution in [2.45, 2.75) is 52.0 Å². The van der Waals surface area contributed by atoms with E-state index in [4.69, 9.17) is 14.2 Å². The number of nitrogens with one attached hydrogen (secondary N) is 1. The molecule has 12 nitrogen and oxygen atoms in total. The third-order valence-electron chi connectivity index (χ3n) is 6.50. The molecular weight excluding hydrogens is 480 g/mol. The fourth-order valence-corrected chi connectivity index (χ4v) is 4.16. The zero-order valence-electron chi connectivity index (χ0n) is 22.2. The molecule has 0 aliphatic carbocycles. The van der Waals surface area contributed by atoms with E-state index in [1.165, 1.54) is 12.0 Å². The number of urea groups is 1. The highest BCUT2D eigenvalue weighted by Crippen LogP contribution is 2.29. The van der Waals surface area contributed by atoms with E-state index in [2.05, 4.69) is 15.6 Å². The lowest BCUT2D eigenvalue weighted by atomic mass is 10.0. The van der Waals surface area contributed by atoms with Crippen molar-refractivity contribution in [2.75, 3.05) is 46.3 Å². The Balaban J connectivity index is 1.76. The van der Waals surface area contributed by atoms with E-state index in [9.17, 15) is 14.7 Å². The number of carbonyl (C=O) groups excluding carboxylic acids is 2. The molecule has 0 saturated carbocycles. The molecule has 3 atom stereocenters. The molecule has 0 spiro atoms. The fourth-order valence-electron chi connectivity index (χ4n) is 4.16. The van der Waals surface area contributed by atoms with Gasteiger partial charge >= 0.3 is 6.03 Å². The first kappa shape index (κ1) is 28.2. The largest absolute Gasteiger partial charge is 0.497 e. The minimum atomic E-state index is -0.416. The standard InChI is InChI=1S/C25H38N6O6/c1-17-12-31(18(2)15-32)24(33)7-6-10-30-13-19(27-28-30)16-37-23(17)14-29(3)25(34)26-21-9-8-20(35-4)11-22(21)36-5/h8-9,11,13,17-18,23,32H,6-7,10,12,14-16H2,1-5H3,(H,26,34)/t17-,18-,23-/m1/s1. The van der Waals surface area contributed by atoms with E-state index in [1.54, 1.807) is 41.9 Å². The Morgan fingerprint density at radius 2 is 2.14 bits per heavy atom. The molecule has 2 bridgehead atoms. The van der Waals surface area contributed by atoms with Gasteiger partial charge in [-0.2, -0.15) is 0 Å². The molecule has 0 saturated heterocycles. The summed E-state index contributed by atoms with van der Waals surface area (Å²) in [5.41, 5.74) is 1.19. The second-order valence-corrected chi connectivity index (χ2v) is 9.36. The lowest BCUT2D eigenvalue weighted by Gasteiger charge is -2.35. The minimum Gasteiger partial charge on any atom is -0.497 e. The summed E-state index contributed by atoms with van der Waals surface area (Å²) in [6.07, 6.45) is 2.35. The normalized spacial score (nSPS) is 19.7. The molecule has 0 unspecified atom stereocenters. The van der Waals surface area contributed by atoms with Gasteiger partial charge in [-0.1, -0.05) is 12.1 Å². The highest BCUT2D eigenvalue weighted by atomic mass is 16.5. The number of rotatable bonds is 7. The molecule has 1 aliphatic rings. The smallest absolute Gasteiger partial charge is 0.321 e. The van der Waals surface area contributed by atoms with Gasteiger partial charge in [0.05, 0.1) is 51.5 Å². The van der Waals surface area contributed by atoms with Gasteiger partial charge in [-0.3, -0.25) is 9.48 Å². The van der Waals surface area contributed by atoms with E-state index >= 15 is 0 Å². The SMILES string of the molecule is COc1ccc(NC(=O)N(C)C[C@H]2OCc3cn(nn3)CCCC(=O)N([C@H](C)CO)C[C@H]2C)c(OC)c1. The zero-order chi connectivity index (χ0) is 26.9. The van der Waals surface area contributed by atoms with Crippen LogP contribution in [0.3, 0.4) is 0 Å². The third kappa shape index (κ3) is 7.56. The fraction of sp³-hybridized carbons (Fsp3) is 0.600. The van der Waals surface area contributed by atoms with Crippen LogP contribution in [0.2, 0.25) is 0 Å². The number of carbonyl (C=O) groups is 2. The van der Waals surface area contributed by atoms with Crippen LogP contribution in [0.25, 0.3) is 0 Å². The number of aliphatic hydroxyl groups is 1. The second kappa shape index (κ2) is 13.2. The molecule has 0 radical (unpaired) electrons. The van der Waals surface area contributed by atoms with Crippen molar-refractivity contribution in [1.29, 1.82) is 0 Å². The molecule has 2 heterocycles. The third-order valence-corrected chi connectivity index (χ3v) is 6.50. The maximum Gasteiger partial charge on any atom is 0.321 e. The summed E-state index contributed by atoms with van der Waals surface area (Å²) in [5, 5.41) is 20.9. The molecule has 3 amide bonds. The number of ether oxygens (including phenoxy) is 3. The van der Waals surface area contributed by atoms with Gasteiger partial charge in [0.2, 0.25) is 5.91 Å². The van der Waals surface area contributed by atoms with E-state index < -0.39 is 6.10 Å². The molecule has 3 rings (SSSR count). The average molecular weight is 519 g/mol. The topological polar surface area (TPSA) is 131 Å². The zero-order valence-corrected chi connectivity index (χ0v) is 22.2. The van der Waals surface area contributed by atoms with Crippen LogP contribution in [0.5, 0.6) is 11.5 Å². The van der Waals surface area contributed by atoms with Gasteiger partial charge in [0.25, 0.3) is 0 Å². The molecule has 1 aromatic carbocycles. The lowest BCUT2D eigenvalue weighted by Crippen LogP contribution is -2.48. The van der Waals surface area contributed by atoms with Crippen LogP contribution < -0.4 is 14.8 Å². The molecule has 12 heteroatoms. The molecule has 204 valence electrons. The van der Waals surface area contributed by atoms with Gasteiger partial charge in [0.1, 0.15) is 17.2 Å². The van der Waals surface area contributed by atoms with Gasteiger partial charge in [0.15, 0.2) is 0 Å². The van der Waals surface area contributed by atoms with Crippen LogP contribution in [0, 0.1) is 5.92 Å². The van der Waals surface area contributed by atoms with Gasteiger partial charge in [-0.05, 0) is 25.5 Å². The number of aliphatic hydroxyl groups excluding tert-OH is 1. The van der Waals surface area contributed by atoms with Crippen molar-refractivity contribution in [3.63, 3.8) is 0 Å². The van der Waals surface area contributed by atoms with Gasteiger partial charge in [0, 0.05) is 45.1 Å². The lowest BCUT2D eigenvalue weighted by molar-refractivity contribution is -0.136. The summed E-state index contributed by atoms with van der Waals surface area (Å²) in [6.45, 7) is 5.10. The van der Waals surface area contributed by atoms with Crippen LogP contribution in [-0.4, -0.2) is 94.9 Å². The number of likely N-dealkylation sites (N-methyl/N-ethyl adjacent to an activating group) is 1. The van der Waals surface area contributed by atoms with Gasteiger partial charge in [-0.25, -0.2) is 4.79 Å². The second-order valence-electron chi connectivity index (χ2n) is 9.36. The summed E-state index contributed by atoms with van der Waals surface area (Å²) >= 11 is 0. The summed E-state index contributed by atoms with van der Waals surface area (Å²) in [4.78, 5) is 29.3. The summed E-state index contributed by atoms with van der Waals surface area (Å²) in [6, 6.07) is 4.47. The Hall–Kier alpha value is -3.38. The molecule has 37 heavy (non-hydrogen) atoms. The van der Waals surface area contributed by atoms with E-state index in [0.717, 1.165) is 0 Å². The first-order valence-corrected chi connectivity index (χ1v) is 12.4. The summed E-state index contributed by atoms with van der Waals surface area (Å²) < 4.78 is 18.5. The number of amides is 3. The van der Waals surface area contributed by atoms with Crippen molar-refractivity contribution >= 4 is 17.6 Å². The molecule has 2 N–H and O–H groups in total. The predicted molar refractivity (Wildman–Crippen MR) is 136 cm³/mol. The predicted octanol–water partition coefficient (Wildman–Crippen LogP) is 1.98. The van der Waals surface area contributed by atoms with Crippen molar-refractivity contribution in [3.8, 4) is 11.5 Å². The number of hydrogen-bond donors (Lipinski definition) is 2. The van der Waals surface area contributed by atoms with E-state index in [-0.39, 0.29) is 43.7 Å². The first-order valence-electron chi connectivity index (χ1n) is 12.4. The number of aromatic nitrogens is 3. The van der Waals surface area contributed by atoms with Crippen molar-refractivity contribution in [1.82, 2.24) is 24.8 Å². The summed E-state index contributed by atoms with van der Waals surface area (Å²) in [5.74, 6) is 0.912. The Labute approximate surface area is 217 Å². The van der Waals surface area contributed by atoms with Crippen molar-refractivity contribution in [2.24, 2.45) is 5.92 Å². The van der Waals surface area contributed by atoms with Gasteiger partial charge in [-0.15, -0.1) is 5.10 Å². The highest BCUT2D eigenvalue weighted by molar-refractivity contribution is 5.91. The Bertz CT molecular complexity index is 1050. The number of anilines is 1. The maximum atomic E-state index is 13.1. The van der Waals surface area contributed by atoms with Crippen LogP contribution in [0.4, 0.5) is 10.5 Å². The van der Waals surface area contributed by atoms with Crippen LogP contribution in [0.15, 0.2) is 24.4 Å². The van der Waals surface area contributed by atoms with Crippen LogP contribution >= 0.6 is 0 Å².